The number of halogens is 4. The second kappa shape index (κ2) is 7.40. The van der Waals surface area contributed by atoms with E-state index in [1.165, 1.54) is 25.1 Å². The zero-order valence-corrected chi connectivity index (χ0v) is 13.9. The van der Waals surface area contributed by atoms with Crippen LogP contribution >= 0.6 is 0 Å². The molecule has 0 radical (unpaired) electrons. The molecule has 136 valence electrons. The van der Waals surface area contributed by atoms with Gasteiger partial charge in [0.2, 0.25) is 10.0 Å². The SMILES string of the molecule is Cc1cc(S(=O)(=O)NCCOc2cccc(C(F)(F)F)c2)ccc1F. The minimum atomic E-state index is -4.48. The molecule has 0 saturated carbocycles. The summed E-state index contributed by atoms with van der Waals surface area (Å²) < 4.78 is 82.4. The monoisotopic (exact) mass is 377 g/mol. The highest BCUT2D eigenvalue weighted by molar-refractivity contribution is 7.89. The lowest BCUT2D eigenvalue weighted by Crippen LogP contribution is -2.28. The van der Waals surface area contributed by atoms with E-state index in [1.54, 1.807) is 0 Å². The van der Waals surface area contributed by atoms with E-state index in [4.69, 9.17) is 4.74 Å². The molecule has 0 unspecified atom stereocenters. The Kier molecular flexibility index (Phi) is 5.69. The fraction of sp³-hybridized carbons (Fsp3) is 0.250. The van der Waals surface area contributed by atoms with Crippen LogP contribution in [0.25, 0.3) is 0 Å². The number of hydrogen-bond donors (Lipinski definition) is 1. The number of rotatable bonds is 6. The van der Waals surface area contributed by atoms with Gasteiger partial charge in [0.25, 0.3) is 0 Å². The molecule has 2 aromatic carbocycles. The van der Waals surface area contributed by atoms with Gasteiger partial charge < -0.3 is 4.74 Å². The molecule has 0 aliphatic carbocycles. The first-order valence-electron chi connectivity index (χ1n) is 7.15. The average Bonchev–Trinajstić information content (AvgIpc) is 2.53. The van der Waals surface area contributed by atoms with Crippen molar-refractivity contribution < 1.29 is 30.7 Å². The van der Waals surface area contributed by atoms with Crippen LogP contribution < -0.4 is 9.46 Å². The molecule has 9 heteroatoms. The van der Waals surface area contributed by atoms with E-state index in [-0.39, 0.29) is 29.4 Å². The molecular formula is C16H15F4NO3S. The molecule has 0 aliphatic heterocycles. The second-order valence-electron chi connectivity index (χ2n) is 5.18. The maximum atomic E-state index is 13.2. The summed E-state index contributed by atoms with van der Waals surface area (Å²) >= 11 is 0. The number of sulfonamides is 1. The zero-order valence-electron chi connectivity index (χ0n) is 13.1. The average molecular weight is 377 g/mol. The van der Waals surface area contributed by atoms with Crippen molar-refractivity contribution >= 4 is 10.0 Å². The first-order chi connectivity index (χ1) is 11.6. The summed E-state index contributed by atoms with van der Waals surface area (Å²) in [6, 6.07) is 7.63. The van der Waals surface area contributed by atoms with Crippen LogP contribution in [0.3, 0.4) is 0 Å². The van der Waals surface area contributed by atoms with Gasteiger partial charge in [0.1, 0.15) is 18.2 Å². The van der Waals surface area contributed by atoms with Gasteiger partial charge in [-0.05, 0) is 48.9 Å². The molecule has 0 saturated heterocycles. The van der Waals surface area contributed by atoms with E-state index >= 15 is 0 Å². The summed E-state index contributed by atoms with van der Waals surface area (Å²) in [5, 5.41) is 0. The van der Waals surface area contributed by atoms with Crippen LogP contribution in [0.2, 0.25) is 0 Å². The Bertz CT molecular complexity index is 851. The van der Waals surface area contributed by atoms with Gasteiger partial charge in [-0.15, -0.1) is 0 Å². The quantitative estimate of drug-likeness (QED) is 0.619. The number of hydrogen-bond acceptors (Lipinski definition) is 3. The van der Waals surface area contributed by atoms with Crippen LogP contribution in [0, 0.1) is 12.7 Å². The molecule has 25 heavy (non-hydrogen) atoms. The van der Waals surface area contributed by atoms with Crippen molar-refractivity contribution in [2.75, 3.05) is 13.2 Å². The zero-order chi connectivity index (χ0) is 18.7. The maximum Gasteiger partial charge on any atom is 0.416 e. The Morgan fingerprint density at radius 2 is 1.84 bits per heavy atom. The van der Waals surface area contributed by atoms with Gasteiger partial charge in [-0.1, -0.05) is 6.07 Å². The van der Waals surface area contributed by atoms with Crippen LogP contribution in [-0.2, 0) is 16.2 Å². The molecule has 2 aromatic rings. The smallest absolute Gasteiger partial charge is 0.416 e. The number of alkyl halides is 3. The summed E-state index contributed by atoms with van der Waals surface area (Å²) in [7, 11) is -3.86. The van der Waals surface area contributed by atoms with Crippen LogP contribution in [0.15, 0.2) is 47.4 Å². The third kappa shape index (κ3) is 5.17. The van der Waals surface area contributed by atoms with Crippen LogP contribution in [0.4, 0.5) is 17.6 Å². The highest BCUT2D eigenvalue weighted by Gasteiger charge is 2.30. The predicted octanol–water partition coefficient (Wildman–Crippen LogP) is 3.51. The van der Waals surface area contributed by atoms with E-state index in [0.717, 1.165) is 24.3 Å². The highest BCUT2D eigenvalue weighted by atomic mass is 32.2. The summed E-state index contributed by atoms with van der Waals surface area (Å²) in [5.41, 5.74) is -0.671. The van der Waals surface area contributed by atoms with Gasteiger partial charge in [0.15, 0.2) is 0 Å². The summed E-state index contributed by atoms with van der Waals surface area (Å²) in [4.78, 5) is -0.106. The van der Waals surface area contributed by atoms with Crippen LogP contribution in [-0.4, -0.2) is 21.6 Å². The van der Waals surface area contributed by atoms with Crippen molar-refractivity contribution in [1.82, 2.24) is 4.72 Å². The first-order valence-corrected chi connectivity index (χ1v) is 8.64. The highest BCUT2D eigenvalue weighted by Crippen LogP contribution is 2.31. The van der Waals surface area contributed by atoms with E-state index in [2.05, 4.69) is 4.72 Å². The molecule has 0 spiro atoms. The van der Waals surface area contributed by atoms with Gasteiger partial charge in [0, 0.05) is 6.54 Å². The van der Waals surface area contributed by atoms with Gasteiger partial charge in [-0.3, -0.25) is 0 Å². The van der Waals surface area contributed by atoms with Crippen molar-refractivity contribution in [3.63, 3.8) is 0 Å². The molecule has 4 nitrogen and oxygen atoms in total. The molecule has 0 aliphatic rings. The standard InChI is InChI=1S/C16H15F4NO3S/c1-11-9-14(5-6-15(11)17)25(22,23)21-7-8-24-13-4-2-3-12(10-13)16(18,19)20/h2-6,9-10,21H,7-8H2,1H3. The van der Waals surface area contributed by atoms with Gasteiger partial charge in [-0.25, -0.2) is 17.5 Å². The summed E-state index contributed by atoms with van der Waals surface area (Å²) in [6.45, 7) is 1.11. The number of ether oxygens (including phenoxy) is 1. The Balaban J connectivity index is 1.93. The number of aryl methyl sites for hydroxylation is 1. The lowest BCUT2D eigenvalue weighted by Gasteiger charge is -2.11. The van der Waals surface area contributed by atoms with Crippen LogP contribution in [0.1, 0.15) is 11.1 Å². The summed E-state index contributed by atoms with van der Waals surface area (Å²) in [5.74, 6) is -0.543. The first kappa shape index (κ1) is 19.2. The van der Waals surface area contributed by atoms with Crippen molar-refractivity contribution in [2.24, 2.45) is 0 Å². The topological polar surface area (TPSA) is 55.4 Å². The van der Waals surface area contributed by atoms with Gasteiger partial charge >= 0.3 is 6.18 Å². The fourth-order valence-electron chi connectivity index (χ4n) is 1.97. The predicted molar refractivity (Wildman–Crippen MR) is 83.3 cm³/mol. The lowest BCUT2D eigenvalue weighted by atomic mass is 10.2. The number of benzene rings is 2. The van der Waals surface area contributed by atoms with Gasteiger partial charge in [0.05, 0.1) is 10.5 Å². The second-order valence-corrected chi connectivity index (χ2v) is 6.95. The van der Waals surface area contributed by atoms with E-state index < -0.39 is 27.6 Å². The van der Waals surface area contributed by atoms with Crippen molar-refractivity contribution in [3.8, 4) is 5.75 Å². The molecule has 0 aromatic heterocycles. The van der Waals surface area contributed by atoms with Crippen molar-refractivity contribution in [2.45, 2.75) is 18.0 Å². The minimum Gasteiger partial charge on any atom is -0.492 e. The van der Waals surface area contributed by atoms with Gasteiger partial charge in [-0.2, -0.15) is 13.2 Å². The Morgan fingerprint density at radius 3 is 2.48 bits per heavy atom. The molecule has 0 heterocycles. The Labute approximate surface area is 142 Å². The Hall–Kier alpha value is -2.13. The maximum absolute atomic E-state index is 13.2. The fourth-order valence-corrected chi connectivity index (χ4v) is 3.07. The lowest BCUT2D eigenvalue weighted by molar-refractivity contribution is -0.137. The third-order valence-electron chi connectivity index (χ3n) is 3.26. The third-order valence-corrected chi connectivity index (χ3v) is 4.72. The van der Waals surface area contributed by atoms with Crippen LogP contribution in [0.5, 0.6) is 5.75 Å². The molecule has 0 atom stereocenters. The van der Waals surface area contributed by atoms with E-state index in [9.17, 15) is 26.0 Å². The summed E-state index contributed by atoms with van der Waals surface area (Å²) in [6.07, 6.45) is -4.48. The molecule has 0 amide bonds. The molecule has 1 N–H and O–H groups in total. The largest absolute Gasteiger partial charge is 0.492 e. The Morgan fingerprint density at radius 1 is 1.12 bits per heavy atom. The molecule has 0 fully saturated rings. The molecular weight excluding hydrogens is 362 g/mol. The van der Waals surface area contributed by atoms with E-state index in [0.29, 0.717) is 0 Å². The number of nitrogens with one attached hydrogen (secondary N) is 1. The van der Waals surface area contributed by atoms with Crippen molar-refractivity contribution in [3.05, 3.63) is 59.4 Å². The molecule has 2 rings (SSSR count). The molecule has 0 bridgehead atoms. The van der Waals surface area contributed by atoms with E-state index in [1.807, 2.05) is 0 Å². The minimum absolute atomic E-state index is 0.0216. The normalized spacial score (nSPS) is 12.2. The van der Waals surface area contributed by atoms with Crippen molar-refractivity contribution in [1.29, 1.82) is 0 Å².